The highest BCUT2D eigenvalue weighted by Gasteiger charge is 2.20. The molecule has 0 aliphatic rings. The zero-order chi connectivity index (χ0) is 14.0. The molecule has 0 atom stereocenters. The third-order valence-corrected chi connectivity index (χ3v) is 5.08. The van der Waals surface area contributed by atoms with Crippen LogP contribution in [0.1, 0.15) is 10.7 Å². The van der Waals surface area contributed by atoms with Gasteiger partial charge in [0.25, 0.3) is 0 Å². The summed E-state index contributed by atoms with van der Waals surface area (Å²) in [7, 11) is -2.05. The smallest absolute Gasteiger partial charge is 0.186 e. The monoisotopic (exact) mass is 298 g/mol. The van der Waals surface area contributed by atoms with Crippen molar-refractivity contribution >= 4 is 26.9 Å². The number of hydrogen-bond acceptors (Lipinski definition) is 6. The Labute approximate surface area is 116 Å². The molecule has 0 aliphatic carbocycles. The second kappa shape index (κ2) is 5.18. The van der Waals surface area contributed by atoms with Crippen LogP contribution in [0.5, 0.6) is 5.75 Å². The van der Waals surface area contributed by atoms with E-state index in [1.165, 1.54) is 30.6 Å². The molecule has 0 saturated carbocycles. The van der Waals surface area contributed by atoms with E-state index in [1.807, 2.05) is 6.92 Å². The number of aryl methyl sites for hydroxylation is 1. The van der Waals surface area contributed by atoms with E-state index in [4.69, 9.17) is 10.5 Å². The molecule has 0 amide bonds. The number of anilines is 1. The van der Waals surface area contributed by atoms with Crippen molar-refractivity contribution in [1.82, 2.24) is 4.98 Å². The highest BCUT2D eigenvalue weighted by atomic mass is 32.2. The van der Waals surface area contributed by atoms with Crippen LogP contribution >= 0.6 is 11.3 Å². The third kappa shape index (κ3) is 3.05. The number of benzene rings is 1. The summed E-state index contributed by atoms with van der Waals surface area (Å²) in [5.41, 5.74) is 6.48. The molecule has 2 rings (SSSR count). The molecule has 1 aromatic heterocycles. The lowest BCUT2D eigenvalue weighted by Crippen LogP contribution is -2.08. The van der Waals surface area contributed by atoms with E-state index in [9.17, 15) is 8.42 Å². The van der Waals surface area contributed by atoms with Crippen LogP contribution in [0.15, 0.2) is 28.5 Å². The van der Waals surface area contributed by atoms with Gasteiger partial charge in [-0.05, 0) is 19.1 Å². The zero-order valence-corrected chi connectivity index (χ0v) is 12.2. The molecular formula is C12H14N2O3S2. The number of thiazole rings is 1. The maximum atomic E-state index is 12.3. The average molecular weight is 298 g/mol. The molecular weight excluding hydrogens is 284 g/mol. The minimum atomic E-state index is -3.52. The minimum absolute atomic E-state index is 0.0810. The van der Waals surface area contributed by atoms with Crippen molar-refractivity contribution in [3.63, 3.8) is 0 Å². The van der Waals surface area contributed by atoms with Crippen molar-refractivity contribution in [1.29, 1.82) is 0 Å². The highest BCUT2D eigenvalue weighted by molar-refractivity contribution is 7.90. The van der Waals surface area contributed by atoms with E-state index in [0.717, 1.165) is 5.01 Å². The summed E-state index contributed by atoms with van der Waals surface area (Å²) in [6.45, 7) is 1.83. The maximum absolute atomic E-state index is 12.3. The molecule has 7 heteroatoms. The summed E-state index contributed by atoms with van der Waals surface area (Å²) in [5.74, 6) is 0.302. The SMILES string of the molecule is COc1ccc(N)c(S(=O)(=O)Cc2csc(C)n2)c1. The first kappa shape index (κ1) is 13.8. The molecule has 0 radical (unpaired) electrons. The first-order valence-corrected chi connectivity index (χ1v) is 8.03. The van der Waals surface area contributed by atoms with E-state index in [-0.39, 0.29) is 16.3 Å². The fourth-order valence-corrected chi connectivity index (χ4v) is 3.79. The van der Waals surface area contributed by atoms with Crippen molar-refractivity contribution < 1.29 is 13.2 Å². The molecule has 1 heterocycles. The largest absolute Gasteiger partial charge is 0.497 e. The molecule has 0 aliphatic heterocycles. The van der Waals surface area contributed by atoms with E-state index >= 15 is 0 Å². The van der Waals surface area contributed by atoms with E-state index in [0.29, 0.717) is 11.4 Å². The summed E-state index contributed by atoms with van der Waals surface area (Å²) in [6, 6.07) is 4.59. The summed E-state index contributed by atoms with van der Waals surface area (Å²) in [4.78, 5) is 4.24. The molecule has 0 fully saturated rings. The van der Waals surface area contributed by atoms with Gasteiger partial charge in [-0.25, -0.2) is 13.4 Å². The van der Waals surface area contributed by atoms with Gasteiger partial charge in [-0.1, -0.05) is 0 Å². The molecule has 0 bridgehead atoms. The van der Waals surface area contributed by atoms with Crippen molar-refractivity contribution in [2.75, 3.05) is 12.8 Å². The number of nitrogen functional groups attached to an aromatic ring is 1. The van der Waals surface area contributed by atoms with Gasteiger partial charge in [0.15, 0.2) is 9.84 Å². The Kier molecular flexibility index (Phi) is 3.77. The van der Waals surface area contributed by atoms with E-state index < -0.39 is 9.84 Å². The Bertz CT molecular complexity index is 693. The number of nitrogens with two attached hydrogens (primary N) is 1. The van der Waals surface area contributed by atoms with Crippen molar-refractivity contribution in [2.45, 2.75) is 17.6 Å². The Morgan fingerprint density at radius 3 is 2.74 bits per heavy atom. The number of aromatic nitrogens is 1. The summed E-state index contributed by atoms with van der Waals surface area (Å²) in [6.07, 6.45) is 0. The average Bonchev–Trinajstić information content (AvgIpc) is 2.74. The number of nitrogens with zero attached hydrogens (tertiary/aromatic N) is 1. The number of rotatable bonds is 4. The van der Waals surface area contributed by atoms with Crippen LogP contribution in [-0.2, 0) is 15.6 Å². The van der Waals surface area contributed by atoms with Gasteiger partial charge in [0.2, 0.25) is 0 Å². The van der Waals surface area contributed by atoms with Gasteiger partial charge in [0.1, 0.15) is 5.75 Å². The van der Waals surface area contributed by atoms with Gasteiger partial charge in [-0.2, -0.15) is 0 Å². The standard InChI is InChI=1S/C12H14N2O3S2/c1-8-14-9(6-18-8)7-19(15,16)12-5-10(17-2)3-4-11(12)13/h3-6H,7,13H2,1-2H3. The Morgan fingerprint density at radius 2 is 2.16 bits per heavy atom. The van der Waals surface area contributed by atoms with Gasteiger partial charge in [0.05, 0.1) is 34.1 Å². The fraction of sp³-hybridized carbons (Fsp3) is 0.250. The summed E-state index contributed by atoms with van der Waals surface area (Å²) in [5, 5.41) is 2.58. The van der Waals surface area contributed by atoms with Crippen LogP contribution in [0, 0.1) is 6.92 Å². The quantitative estimate of drug-likeness (QED) is 0.873. The minimum Gasteiger partial charge on any atom is -0.497 e. The van der Waals surface area contributed by atoms with Crippen molar-refractivity contribution in [3.8, 4) is 5.75 Å². The zero-order valence-electron chi connectivity index (χ0n) is 10.6. The lowest BCUT2D eigenvalue weighted by Gasteiger charge is -2.08. The summed E-state index contributed by atoms with van der Waals surface area (Å²) < 4.78 is 29.7. The number of methoxy groups -OCH3 is 1. The maximum Gasteiger partial charge on any atom is 0.186 e. The van der Waals surface area contributed by atoms with Crippen LogP contribution in [0.3, 0.4) is 0 Å². The Hall–Kier alpha value is -1.60. The van der Waals surface area contributed by atoms with Crippen LogP contribution < -0.4 is 10.5 Å². The topological polar surface area (TPSA) is 82.3 Å². The van der Waals surface area contributed by atoms with Crippen LogP contribution in [0.4, 0.5) is 5.69 Å². The predicted octanol–water partition coefficient (Wildman–Crippen LogP) is 2.02. The summed E-state index contributed by atoms with van der Waals surface area (Å²) >= 11 is 1.42. The van der Waals surface area contributed by atoms with Crippen LogP contribution in [0.2, 0.25) is 0 Å². The Morgan fingerprint density at radius 1 is 1.42 bits per heavy atom. The molecule has 1 aromatic carbocycles. The van der Waals surface area contributed by atoms with Gasteiger partial charge in [-0.15, -0.1) is 11.3 Å². The van der Waals surface area contributed by atoms with Gasteiger partial charge < -0.3 is 10.5 Å². The first-order chi connectivity index (χ1) is 8.92. The van der Waals surface area contributed by atoms with Crippen LogP contribution in [0.25, 0.3) is 0 Å². The second-order valence-electron chi connectivity index (χ2n) is 4.02. The molecule has 2 N–H and O–H groups in total. The molecule has 0 spiro atoms. The van der Waals surface area contributed by atoms with Gasteiger partial charge in [0, 0.05) is 11.4 Å². The third-order valence-electron chi connectivity index (χ3n) is 2.56. The van der Waals surface area contributed by atoms with Crippen LogP contribution in [-0.4, -0.2) is 20.5 Å². The fourth-order valence-electron chi connectivity index (χ4n) is 1.66. The first-order valence-electron chi connectivity index (χ1n) is 5.49. The number of ether oxygens (including phenoxy) is 1. The predicted molar refractivity (Wildman–Crippen MR) is 75.1 cm³/mol. The lowest BCUT2D eigenvalue weighted by atomic mass is 10.3. The second-order valence-corrected chi connectivity index (χ2v) is 7.04. The normalized spacial score (nSPS) is 11.5. The lowest BCUT2D eigenvalue weighted by molar-refractivity contribution is 0.413. The molecule has 102 valence electrons. The molecule has 19 heavy (non-hydrogen) atoms. The molecule has 5 nitrogen and oxygen atoms in total. The molecule has 0 saturated heterocycles. The van der Waals surface area contributed by atoms with Crippen molar-refractivity contribution in [2.24, 2.45) is 0 Å². The number of hydrogen-bond donors (Lipinski definition) is 1. The van der Waals surface area contributed by atoms with Gasteiger partial charge in [-0.3, -0.25) is 0 Å². The Balaban J connectivity index is 2.39. The van der Waals surface area contributed by atoms with Gasteiger partial charge >= 0.3 is 0 Å². The molecule has 0 unspecified atom stereocenters. The molecule has 2 aromatic rings. The van der Waals surface area contributed by atoms with E-state index in [2.05, 4.69) is 4.98 Å². The number of sulfone groups is 1. The highest BCUT2D eigenvalue weighted by Crippen LogP contribution is 2.27. The van der Waals surface area contributed by atoms with Crippen molar-refractivity contribution in [3.05, 3.63) is 34.3 Å². The van der Waals surface area contributed by atoms with E-state index in [1.54, 1.807) is 11.4 Å².